The second-order valence-corrected chi connectivity index (χ2v) is 9.21. The summed E-state index contributed by atoms with van der Waals surface area (Å²) in [6.45, 7) is 1.92. The molecule has 0 saturated heterocycles. The van der Waals surface area contributed by atoms with Gasteiger partial charge in [0.2, 0.25) is 11.0 Å². The lowest BCUT2D eigenvalue weighted by Crippen LogP contribution is -2.30. The number of pyridine rings is 1. The first kappa shape index (κ1) is 18.3. The average Bonchev–Trinajstić information content (AvgIpc) is 3.08. The van der Waals surface area contributed by atoms with E-state index in [9.17, 15) is 13.7 Å². The third-order valence-electron chi connectivity index (χ3n) is 5.55. The van der Waals surface area contributed by atoms with Gasteiger partial charge in [0, 0.05) is 11.5 Å². The van der Waals surface area contributed by atoms with Crippen LogP contribution in [0, 0.1) is 18.3 Å². The number of rotatable bonds is 2. The lowest BCUT2D eigenvalue weighted by Gasteiger charge is -2.09. The highest BCUT2D eigenvalue weighted by molar-refractivity contribution is 7.90. The summed E-state index contributed by atoms with van der Waals surface area (Å²) >= 11 is 0. The smallest absolute Gasteiger partial charge is 0.227 e. The van der Waals surface area contributed by atoms with Crippen LogP contribution in [0.1, 0.15) is 11.1 Å². The standard InChI is InChI=1S/C24H18N3O2S/c1-16-7-10-19(11-8-16)30(28,29)27-22-12-9-17(15-25)13-20(22)24-23(27)14-18-5-3-4-6-21(18)26(24)2/h3-14H,1-2H3/q+1. The summed E-state index contributed by atoms with van der Waals surface area (Å²) in [5.41, 5.74) is 4.38. The van der Waals surface area contributed by atoms with E-state index >= 15 is 0 Å². The van der Waals surface area contributed by atoms with Crippen LogP contribution in [-0.2, 0) is 17.1 Å². The Balaban J connectivity index is 2.01. The van der Waals surface area contributed by atoms with Crippen molar-refractivity contribution in [1.82, 2.24) is 3.97 Å². The van der Waals surface area contributed by atoms with E-state index < -0.39 is 10.0 Å². The van der Waals surface area contributed by atoms with Crippen LogP contribution in [0.15, 0.2) is 77.7 Å². The minimum atomic E-state index is -3.85. The van der Waals surface area contributed by atoms with Gasteiger partial charge >= 0.3 is 0 Å². The molecule has 0 saturated carbocycles. The number of aromatic nitrogens is 2. The van der Waals surface area contributed by atoms with Crippen LogP contribution in [0.2, 0.25) is 0 Å². The highest BCUT2D eigenvalue weighted by atomic mass is 32.2. The normalized spacial score (nSPS) is 11.9. The molecule has 0 aliphatic rings. The highest BCUT2D eigenvalue weighted by Gasteiger charge is 2.28. The maximum atomic E-state index is 13.7. The molecule has 2 heterocycles. The first-order chi connectivity index (χ1) is 14.4. The second kappa shape index (κ2) is 6.41. The topological polar surface area (TPSA) is 66.7 Å². The number of hydrogen-bond acceptors (Lipinski definition) is 3. The Morgan fingerprint density at radius 1 is 0.933 bits per heavy atom. The molecule has 5 nitrogen and oxygen atoms in total. The van der Waals surface area contributed by atoms with Gasteiger partial charge in [-0.1, -0.05) is 29.8 Å². The van der Waals surface area contributed by atoms with Gasteiger partial charge in [-0.25, -0.2) is 12.4 Å². The number of nitrogens with zero attached hydrogens (tertiary/aromatic N) is 3. The summed E-state index contributed by atoms with van der Waals surface area (Å²) in [6.07, 6.45) is 0. The Morgan fingerprint density at radius 2 is 1.67 bits per heavy atom. The summed E-state index contributed by atoms with van der Waals surface area (Å²) < 4.78 is 30.8. The molecule has 0 atom stereocenters. The Bertz CT molecular complexity index is 1620. The Morgan fingerprint density at radius 3 is 2.40 bits per heavy atom. The molecule has 2 aromatic heterocycles. The Kier molecular flexibility index (Phi) is 3.92. The van der Waals surface area contributed by atoms with Gasteiger partial charge in [-0.2, -0.15) is 9.83 Å². The van der Waals surface area contributed by atoms with Crippen molar-refractivity contribution in [3.05, 3.63) is 83.9 Å². The van der Waals surface area contributed by atoms with Gasteiger partial charge < -0.3 is 0 Å². The van der Waals surface area contributed by atoms with Gasteiger partial charge in [0.1, 0.15) is 12.6 Å². The molecule has 0 bridgehead atoms. The maximum absolute atomic E-state index is 13.7. The average molecular weight is 412 g/mol. The zero-order chi connectivity index (χ0) is 21.0. The fourth-order valence-corrected chi connectivity index (χ4v) is 5.58. The van der Waals surface area contributed by atoms with E-state index in [1.807, 2.05) is 48.9 Å². The van der Waals surface area contributed by atoms with E-state index in [0.29, 0.717) is 16.6 Å². The molecular formula is C24H18N3O2S+. The van der Waals surface area contributed by atoms with Crippen molar-refractivity contribution >= 4 is 42.9 Å². The molecule has 0 aliphatic heterocycles. The molecule has 5 rings (SSSR count). The lowest BCUT2D eigenvalue weighted by molar-refractivity contribution is -0.616. The summed E-state index contributed by atoms with van der Waals surface area (Å²) in [6, 6.07) is 23.9. The highest BCUT2D eigenvalue weighted by Crippen LogP contribution is 2.33. The van der Waals surface area contributed by atoms with Gasteiger partial charge in [-0.05, 0) is 49.4 Å². The van der Waals surface area contributed by atoms with E-state index in [0.717, 1.165) is 27.4 Å². The van der Waals surface area contributed by atoms with Gasteiger partial charge in [-0.3, -0.25) is 0 Å². The molecule has 6 heteroatoms. The van der Waals surface area contributed by atoms with Gasteiger partial charge in [0.05, 0.1) is 27.4 Å². The van der Waals surface area contributed by atoms with Crippen LogP contribution in [0.4, 0.5) is 0 Å². The largest absolute Gasteiger partial charge is 0.268 e. The number of para-hydroxylation sites is 1. The van der Waals surface area contributed by atoms with E-state index in [1.54, 1.807) is 42.5 Å². The van der Waals surface area contributed by atoms with Crippen LogP contribution < -0.4 is 4.57 Å². The fraction of sp³-hybridized carbons (Fsp3) is 0.0833. The number of nitriles is 1. The Labute approximate surface area is 174 Å². The van der Waals surface area contributed by atoms with Crippen molar-refractivity contribution in [1.29, 1.82) is 5.26 Å². The van der Waals surface area contributed by atoms with Gasteiger partial charge in [0.15, 0.2) is 0 Å². The fourth-order valence-electron chi connectivity index (χ4n) is 4.07. The van der Waals surface area contributed by atoms with E-state index in [2.05, 4.69) is 6.07 Å². The summed E-state index contributed by atoms with van der Waals surface area (Å²) in [4.78, 5) is 0.229. The van der Waals surface area contributed by atoms with Crippen LogP contribution in [0.25, 0.3) is 32.8 Å². The van der Waals surface area contributed by atoms with Crippen LogP contribution in [0.3, 0.4) is 0 Å². The van der Waals surface area contributed by atoms with Gasteiger partial charge in [0.25, 0.3) is 10.0 Å². The SMILES string of the molecule is Cc1ccc(S(=O)(=O)n2c3ccc(C#N)cc3c3c2cc2ccccc2[n+]3C)cc1. The minimum absolute atomic E-state index is 0.229. The third-order valence-corrected chi connectivity index (χ3v) is 7.29. The molecule has 0 radical (unpaired) electrons. The molecule has 0 fully saturated rings. The first-order valence-corrected chi connectivity index (χ1v) is 10.9. The van der Waals surface area contributed by atoms with Crippen molar-refractivity contribution in [2.24, 2.45) is 7.05 Å². The van der Waals surface area contributed by atoms with Crippen LogP contribution in [-0.4, -0.2) is 12.4 Å². The zero-order valence-corrected chi connectivity index (χ0v) is 17.3. The van der Waals surface area contributed by atoms with Gasteiger partial charge in [-0.15, -0.1) is 0 Å². The van der Waals surface area contributed by atoms with Crippen molar-refractivity contribution in [2.75, 3.05) is 0 Å². The van der Waals surface area contributed by atoms with E-state index in [1.165, 1.54) is 3.97 Å². The van der Waals surface area contributed by atoms with E-state index in [-0.39, 0.29) is 4.90 Å². The number of benzene rings is 3. The molecule has 30 heavy (non-hydrogen) atoms. The van der Waals surface area contributed by atoms with Crippen LogP contribution >= 0.6 is 0 Å². The summed E-state index contributed by atoms with van der Waals surface area (Å²) in [5, 5.41) is 11.1. The molecule has 146 valence electrons. The number of aryl methyl sites for hydroxylation is 2. The molecule has 0 N–H and O–H groups in total. The molecule has 0 spiro atoms. The quantitative estimate of drug-likeness (QED) is 0.408. The Hall–Kier alpha value is -3.69. The predicted molar refractivity (Wildman–Crippen MR) is 117 cm³/mol. The maximum Gasteiger partial charge on any atom is 0.268 e. The molecular weight excluding hydrogens is 394 g/mol. The second-order valence-electron chi connectivity index (χ2n) is 7.42. The lowest BCUT2D eigenvalue weighted by atomic mass is 10.1. The predicted octanol–water partition coefficient (Wildman–Crippen LogP) is 4.19. The van der Waals surface area contributed by atoms with Crippen molar-refractivity contribution in [3.63, 3.8) is 0 Å². The first-order valence-electron chi connectivity index (χ1n) is 9.50. The summed E-state index contributed by atoms with van der Waals surface area (Å²) in [7, 11) is -1.93. The molecule has 0 aliphatic carbocycles. The summed E-state index contributed by atoms with van der Waals surface area (Å²) in [5.74, 6) is 0. The molecule has 3 aromatic carbocycles. The monoisotopic (exact) mass is 412 g/mol. The third kappa shape index (κ3) is 2.53. The van der Waals surface area contributed by atoms with Crippen molar-refractivity contribution < 1.29 is 13.0 Å². The van der Waals surface area contributed by atoms with Crippen molar-refractivity contribution in [3.8, 4) is 6.07 Å². The zero-order valence-electron chi connectivity index (χ0n) is 16.5. The number of fused-ring (bicyclic) bond motifs is 4. The molecule has 0 unspecified atom stereocenters. The molecule has 0 amide bonds. The molecule has 5 aromatic rings. The number of hydrogen-bond donors (Lipinski definition) is 0. The van der Waals surface area contributed by atoms with Crippen molar-refractivity contribution in [2.45, 2.75) is 11.8 Å². The van der Waals surface area contributed by atoms with E-state index in [4.69, 9.17) is 0 Å². The van der Waals surface area contributed by atoms with Crippen LogP contribution in [0.5, 0.6) is 0 Å². The minimum Gasteiger partial charge on any atom is -0.227 e.